The smallest absolute Gasteiger partial charge is 0.263 e. The quantitative estimate of drug-likeness (QED) is 0.492. The van der Waals surface area contributed by atoms with Gasteiger partial charge < -0.3 is 25.8 Å². The number of benzene rings is 1. The average molecular weight is 462 g/mol. The van der Waals surface area contributed by atoms with E-state index in [0.717, 1.165) is 60.0 Å². The SMILES string of the molecule is COc1ccc2nccc([C@@H](N)CC3CCC(NCc4ccc5c(n4)NC(=O)CO5)CC3)c2c1. The van der Waals surface area contributed by atoms with E-state index in [1.54, 1.807) is 7.11 Å². The van der Waals surface area contributed by atoms with E-state index in [4.69, 9.17) is 15.2 Å². The second kappa shape index (κ2) is 9.95. The lowest BCUT2D eigenvalue weighted by molar-refractivity contribution is -0.118. The maximum atomic E-state index is 11.5. The lowest BCUT2D eigenvalue weighted by atomic mass is 9.81. The Labute approximate surface area is 199 Å². The van der Waals surface area contributed by atoms with Crippen LogP contribution in [0.1, 0.15) is 49.4 Å². The van der Waals surface area contributed by atoms with Gasteiger partial charge in [-0.1, -0.05) is 0 Å². The molecule has 4 N–H and O–H groups in total. The van der Waals surface area contributed by atoms with Gasteiger partial charge in [0.05, 0.1) is 18.3 Å². The Morgan fingerprint density at radius 1 is 1.21 bits per heavy atom. The van der Waals surface area contributed by atoms with Crippen molar-refractivity contribution in [3.05, 3.63) is 53.9 Å². The van der Waals surface area contributed by atoms with Crippen molar-refractivity contribution >= 4 is 22.6 Å². The van der Waals surface area contributed by atoms with Crippen molar-refractivity contribution in [2.75, 3.05) is 19.0 Å². The van der Waals surface area contributed by atoms with Crippen LogP contribution in [0.5, 0.6) is 11.5 Å². The number of aromatic nitrogens is 2. The molecule has 1 amide bonds. The molecule has 1 aromatic carbocycles. The fourth-order valence-electron chi connectivity index (χ4n) is 5.04. The van der Waals surface area contributed by atoms with E-state index in [0.29, 0.717) is 30.1 Å². The number of nitrogens with zero attached hydrogens (tertiary/aromatic N) is 2. The van der Waals surface area contributed by atoms with Crippen LogP contribution in [0.2, 0.25) is 0 Å². The maximum absolute atomic E-state index is 11.5. The van der Waals surface area contributed by atoms with E-state index in [2.05, 4.69) is 20.6 Å². The molecule has 1 fully saturated rings. The highest BCUT2D eigenvalue weighted by Crippen LogP contribution is 2.34. The first-order valence-electron chi connectivity index (χ1n) is 11.9. The zero-order chi connectivity index (χ0) is 23.5. The van der Waals surface area contributed by atoms with E-state index in [1.165, 1.54) is 0 Å². The summed E-state index contributed by atoms with van der Waals surface area (Å²) in [6.07, 6.45) is 7.35. The van der Waals surface area contributed by atoms with Crippen molar-refractivity contribution in [1.82, 2.24) is 15.3 Å². The molecule has 2 aliphatic rings. The second-order valence-electron chi connectivity index (χ2n) is 9.21. The van der Waals surface area contributed by atoms with Crippen LogP contribution in [0, 0.1) is 5.92 Å². The number of rotatable bonds is 7. The van der Waals surface area contributed by atoms with Gasteiger partial charge in [-0.2, -0.15) is 0 Å². The van der Waals surface area contributed by atoms with Crippen LogP contribution in [0.15, 0.2) is 42.6 Å². The summed E-state index contributed by atoms with van der Waals surface area (Å²) in [5, 5.41) is 7.47. The Bertz CT molecular complexity index is 1180. The number of amides is 1. The minimum atomic E-state index is -0.166. The van der Waals surface area contributed by atoms with E-state index in [-0.39, 0.29) is 18.6 Å². The van der Waals surface area contributed by atoms with Crippen LogP contribution in [0.25, 0.3) is 10.9 Å². The molecule has 1 saturated carbocycles. The second-order valence-corrected chi connectivity index (χ2v) is 9.21. The van der Waals surface area contributed by atoms with Gasteiger partial charge in [-0.15, -0.1) is 0 Å². The molecule has 3 heterocycles. The summed E-state index contributed by atoms with van der Waals surface area (Å²) in [4.78, 5) is 20.5. The summed E-state index contributed by atoms with van der Waals surface area (Å²) in [5.41, 5.74) is 9.67. The van der Waals surface area contributed by atoms with Gasteiger partial charge in [-0.25, -0.2) is 4.98 Å². The van der Waals surface area contributed by atoms with Gasteiger partial charge in [0.25, 0.3) is 5.91 Å². The summed E-state index contributed by atoms with van der Waals surface area (Å²) < 4.78 is 10.8. The molecule has 0 spiro atoms. The van der Waals surface area contributed by atoms with Gasteiger partial charge in [0.2, 0.25) is 0 Å². The minimum Gasteiger partial charge on any atom is -0.497 e. The fraction of sp³-hybridized carbons (Fsp3) is 0.423. The lowest BCUT2D eigenvalue weighted by Crippen LogP contribution is -2.34. The van der Waals surface area contributed by atoms with Gasteiger partial charge in [0.1, 0.15) is 5.75 Å². The van der Waals surface area contributed by atoms with Gasteiger partial charge in [0, 0.05) is 30.2 Å². The molecule has 1 aliphatic carbocycles. The lowest BCUT2D eigenvalue weighted by Gasteiger charge is -2.31. The number of ether oxygens (including phenoxy) is 2. The number of nitrogens with one attached hydrogen (secondary N) is 2. The predicted octanol–water partition coefficient (Wildman–Crippen LogP) is 3.71. The molecule has 0 unspecified atom stereocenters. The Hall–Kier alpha value is -3.23. The van der Waals surface area contributed by atoms with Gasteiger partial charge in [-0.3, -0.25) is 9.78 Å². The number of methoxy groups -OCH3 is 1. The van der Waals surface area contributed by atoms with E-state index in [9.17, 15) is 4.79 Å². The van der Waals surface area contributed by atoms with Crippen LogP contribution in [-0.4, -0.2) is 35.6 Å². The third-order valence-corrected chi connectivity index (χ3v) is 6.92. The molecule has 8 nitrogen and oxygen atoms in total. The van der Waals surface area contributed by atoms with Gasteiger partial charge in [0.15, 0.2) is 18.2 Å². The zero-order valence-corrected chi connectivity index (χ0v) is 19.4. The highest BCUT2D eigenvalue weighted by atomic mass is 16.5. The molecule has 34 heavy (non-hydrogen) atoms. The van der Waals surface area contributed by atoms with E-state index in [1.807, 2.05) is 42.6 Å². The largest absolute Gasteiger partial charge is 0.497 e. The summed E-state index contributed by atoms with van der Waals surface area (Å²) in [5.74, 6) is 2.40. The van der Waals surface area contributed by atoms with Crippen molar-refractivity contribution in [3.63, 3.8) is 0 Å². The van der Waals surface area contributed by atoms with Crippen LogP contribution in [0.3, 0.4) is 0 Å². The number of nitrogens with two attached hydrogens (primary N) is 1. The molecule has 5 rings (SSSR count). The van der Waals surface area contributed by atoms with Crippen LogP contribution >= 0.6 is 0 Å². The number of hydrogen-bond acceptors (Lipinski definition) is 7. The van der Waals surface area contributed by atoms with E-state index < -0.39 is 0 Å². The topological polar surface area (TPSA) is 111 Å². The third kappa shape index (κ3) is 4.98. The number of anilines is 1. The molecule has 3 aromatic rings. The van der Waals surface area contributed by atoms with Gasteiger partial charge in [-0.05, 0) is 80.0 Å². The summed E-state index contributed by atoms with van der Waals surface area (Å²) >= 11 is 0. The molecule has 0 radical (unpaired) electrons. The average Bonchev–Trinajstić information content (AvgIpc) is 2.87. The molecule has 2 aromatic heterocycles. The zero-order valence-electron chi connectivity index (χ0n) is 19.4. The number of carbonyl (C=O) groups excluding carboxylic acids is 1. The van der Waals surface area contributed by atoms with E-state index >= 15 is 0 Å². The standard InChI is InChI=1S/C26H31N5O3/c1-33-19-7-8-23-21(13-19)20(10-11-28-23)22(27)12-16-2-4-17(5-3-16)29-14-18-6-9-24-26(30-18)31-25(32)15-34-24/h6-11,13,16-17,22,29H,2-5,12,14-15,27H2,1H3,(H,30,31,32)/t16?,17?,22-/m0/s1. The van der Waals surface area contributed by atoms with Crippen molar-refractivity contribution in [1.29, 1.82) is 0 Å². The Kier molecular flexibility index (Phi) is 6.60. The molecule has 178 valence electrons. The number of pyridine rings is 2. The predicted molar refractivity (Wildman–Crippen MR) is 131 cm³/mol. The molecular formula is C26H31N5O3. The fourth-order valence-corrected chi connectivity index (χ4v) is 5.04. The third-order valence-electron chi connectivity index (χ3n) is 6.92. The van der Waals surface area contributed by atoms with Crippen molar-refractivity contribution in [2.24, 2.45) is 11.7 Å². The number of fused-ring (bicyclic) bond motifs is 2. The normalized spacial score (nSPS) is 20.8. The highest BCUT2D eigenvalue weighted by molar-refractivity contribution is 5.94. The van der Waals surface area contributed by atoms with Gasteiger partial charge >= 0.3 is 0 Å². The highest BCUT2D eigenvalue weighted by Gasteiger charge is 2.24. The first-order valence-corrected chi connectivity index (χ1v) is 11.9. The molecular weight excluding hydrogens is 430 g/mol. The Morgan fingerprint density at radius 2 is 2.06 bits per heavy atom. The number of hydrogen-bond donors (Lipinski definition) is 3. The van der Waals surface area contributed by atoms with Crippen molar-refractivity contribution in [2.45, 2.75) is 50.7 Å². The summed E-state index contributed by atoms with van der Waals surface area (Å²) in [6.45, 7) is 0.716. The molecule has 1 atom stereocenters. The first kappa shape index (κ1) is 22.6. The first-order chi connectivity index (χ1) is 16.6. The number of carbonyl (C=O) groups is 1. The molecule has 0 saturated heterocycles. The van der Waals surface area contributed by atoms with Crippen LogP contribution < -0.4 is 25.8 Å². The van der Waals surface area contributed by atoms with Crippen molar-refractivity contribution in [3.8, 4) is 11.5 Å². The molecule has 8 heteroatoms. The van der Waals surface area contributed by atoms with Crippen LogP contribution in [-0.2, 0) is 11.3 Å². The molecule has 0 bridgehead atoms. The minimum absolute atomic E-state index is 0.0239. The summed E-state index contributed by atoms with van der Waals surface area (Å²) in [7, 11) is 1.68. The Balaban J connectivity index is 1.14. The Morgan fingerprint density at radius 3 is 2.88 bits per heavy atom. The monoisotopic (exact) mass is 461 g/mol. The summed E-state index contributed by atoms with van der Waals surface area (Å²) in [6, 6.07) is 12.2. The van der Waals surface area contributed by atoms with Crippen LogP contribution in [0.4, 0.5) is 5.82 Å². The maximum Gasteiger partial charge on any atom is 0.263 e. The van der Waals surface area contributed by atoms with Crippen molar-refractivity contribution < 1.29 is 14.3 Å². The molecule has 1 aliphatic heterocycles.